The van der Waals surface area contributed by atoms with Gasteiger partial charge in [0.15, 0.2) is 0 Å². The third-order valence-electron chi connectivity index (χ3n) is 2.90. The van der Waals surface area contributed by atoms with E-state index in [-0.39, 0.29) is 6.61 Å². The van der Waals surface area contributed by atoms with Crippen LogP contribution in [-0.4, -0.2) is 32.1 Å². The molecule has 0 rings (SSSR count). The zero-order valence-electron chi connectivity index (χ0n) is 14.6. The van der Waals surface area contributed by atoms with Gasteiger partial charge in [0, 0.05) is 12.2 Å². The fourth-order valence-electron chi connectivity index (χ4n) is 1.59. The Morgan fingerprint density at radius 2 is 1.32 bits per heavy atom. The lowest BCUT2D eigenvalue weighted by Crippen LogP contribution is -2.10. The molecule has 9 heteroatoms. The van der Waals surface area contributed by atoms with Crippen molar-refractivity contribution in [1.82, 2.24) is 0 Å². The van der Waals surface area contributed by atoms with Gasteiger partial charge in [0.05, 0.1) is 6.61 Å². The highest BCUT2D eigenvalue weighted by molar-refractivity contribution is 7.48. The van der Waals surface area contributed by atoms with Crippen molar-refractivity contribution in [2.24, 2.45) is 0 Å². The Kier molecular flexibility index (Phi) is 14.0. The van der Waals surface area contributed by atoms with Crippen LogP contribution in [0.1, 0.15) is 45.4 Å². The molecule has 144 valence electrons. The highest BCUT2D eigenvalue weighted by atomic mass is 31.2. The fourth-order valence-corrected chi connectivity index (χ4v) is 2.53. The molecule has 0 saturated heterocycles. The topological polar surface area (TPSA) is 97.4 Å². The smallest absolute Gasteiger partial charge is 0.435 e. The Bertz CT molecular complexity index is 433. The molecule has 0 amide bonds. The van der Waals surface area contributed by atoms with E-state index in [1.54, 1.807) is 0 Å². The molecule has 0 spiro atoms. The van der Waals surface area contributed by atoms with Gasteiger partial charge in [-0.15, -0.1) is 0 Å². The van der Waals surface area contributed by atoms with E-state index in [9.17, 15) is 14.2 Å². The molecular formula is C16H27O8P. The van der Waals surface area contributed by atoms with Gasteiger partial charge in [0.1, 0.15) is 0 Å². The number of esters is 2. The molecular weight excluding hydrogens is 351 g/mol. The van der Waals surface area contributed by atoms with E-state index in [0.717, 1.165) is 37.8 Å². The molecule has 0 aromatic heterocycles. The Morgan fingerprint density at radius 1 is 0.840 bits per heavy atom. The molecule has 8 nitrogen and oxygen atoms in total. The summed E-state index contributed by atoms with van der Waals surface area (Å²) in [6, 6.07) is 0. The number of carbonyl (C=O) groups is 2. The predicted octanol–water partition coefficient (Wildman–Crippen LogP) is 3.88. The van der Waals surface area contributed by atoms with Gasteiger partial charge in [-0.25, -0.2) is 23.2 Å². The molecule has 0 aliphatic rings. The second-order valence-electron chi connectivity index (χ2n) is 4.88. The second kappa shape index (κ2) is 14.8. The molecule has 0 bridgehead atoms. The number of hydrogen-bond donors (Lipinski definition) is 0. The maximum Gasteiger partial charge on any atom is 0.480 e. The van der Waals surface area contributed by atoms with Crippen molar-refractivity contribution >= 4 is 19.8 Å². The molecule has 0 heterocycles. The number of phosphoric acid groups is 1. The van der Waals surface area contributed by atoms with E-state index in [4.69, 9.17) is 13.6 Å². The van der Waals surface area contributed by atoms with E-state index in [0.29, 0.717) is 6.42 Å². The highest BCUT2D eigenvalue weighted by Gasteiger charge is 2.28. The number of rotatable bonds is 16. The van der Waals surface area contributed by atoms with Crippen LogP contribution in [0, 0.1) is 0 Å². The molecule has 0 saturated carbocycles. The van der Waals surface area contributed by atoms with Crippen molar-refractivity contribution in [3.63, 3.8) is 0 Å². The largest absolute Gasteiger partial charge is 0.480 e. The van der Waals surface area contributed by atoms with Gasteiger partial charge in [-0.1, -0.05) is 52.2 Å². The number of phosphoric ester groups is 1. The molecule has 0 aliphatic heterocycles. The quantitative estimate of drug-likeness (QED) is 0.131. The van der Waals surface area contributed by atoms with Gasteiger partial charge in [-0.3, -0.25) is 4.52 Å². The summed E-state index contributed by atoms with van der Waals surface area (Å²) in [6.45, 7) is 7.41. The van der Waals surface area contributed by atoms with Crippen LogP contribution in [0.3, 0.4) is 0 Å². The molecule has 0 atom stereocenters. The molecule has 0 aliphatic carbocycles. The number of unbranched alkanes of at least 4 members (excludes halogenated alkanes) is 5. The molecule has 25 heavy (non-hydrogen) atoms. The Hall–Kier alpha value is -1.47. The Labute approximate surface area is 148 Å². The summed E-state index contributed by atoms with van der Waals surface area (Å²) in [5.41, 5.74) is 0. The minimum absolute atomic E-state index is 0.133. The predicted molar refractivity (Wildman–Crippen MR) is 91.4 cm³/mol. The Balaban J connectivity index is 4.27. The van der Waals surface area contributed by atoms with Crippen LogP contribution >= 0.6 is 7.82 Å². The summed E-state index contributed by atoms with van der Waals surface area (Å²) in [7, 11) is -4.04. The maximum atomic E-state index is 12.4. The van der Waals surface area contributed by atoms with E-state index in [2.05, 4.69) is 29.6 Å². The summed E-state index contributed by atoms with van der Waals surface area (Å²) in [5, 5.41) is 0. The van der Waals surface area contributed by atoms with Gasteiger partial charge < -0.3 is 9.47 Å². The first kappa shape index (κ1) is 23.5. The van der Waals surface area contributed by atoms with Crippen LogP contribution < -0.4 is 0 Å². The van der Waals surface area contributed by atoms with Gasteiger partial charge in [-0.2, -0.15) is 0 Å². The molecule has 0 radical (unpaired) electrons. The fraction of sp³-hybridized carbons (Fsp3) is 0.625. The van der Waals surface area contributed by atoms with Crippen LogP contribution in [0.2, 0.25) is 0 Å². The number of carbonyl (C=O) groups excluding carboxylic acids is 2. The first-order valence-corrected chi connectivity index (χ1v) is 9.55. The molecule has 0 aromatic rings. The number of ether oxygens (including phenoxy) is 2. The first-order valence-electron chi connectivity index (χ1n) is 8.09. The lowest BCUT2D eigenvalue weighted by Gasteiger charge is -2.17. The van der Waals surface area contributed by atoms with Crippen LogP contribution in [0.5, 0.6) is 0 Å². The molecule has 0 aromatic carbocycles. The average Bonchev–Trinajstić information content (AvgIpc) is 2.60. The van der Waals surface area contributed by atoms with Crippen molar-refractivity contribution in [2.45, 2.75) is 45.4 Å². The van der Waals surface area contributed by atoms with Crippen LogP contribution in [0.4, 0.5) is 0 Å². The van der Waals surface area contributed by atoms with E-state index >= 15 is 0 Å². The van der Waals surface area contributed by atoms with Gasteiger partial charge in [0.2, 0.25) is 13.6 Å². The van der Waals surface area contributed by atoms with Gasteiger partial charge >= 0.3 is 19.8 Å². The van der Waals surface area contributed by atoms with Crippen molar-refractivity contribution in [3.8, 4) is 0 Å². The number of hydrogen-bond acceptors (Lipinski definition) is 8. The minimum Gasteiger partial charge on any atom is -0.435 e. The maximum absolute atomic E-state index is 12.4. The summed E-state index contributed by atoms with van der Waals surface area (Å²) >= 11 is 0. The third kappa shape index (κ3) is 13.5. The van der Waals surface area contributed by atoms with E-state index < -0.39 is 33.3 Å². The monoisotopic (exact) mass is 378 g/mol. The van der Waals surface area contributed by atoms with Gasteiger partial charge in [-0.05, 0) is 6.42 Å². The SMILES string of the molecule is C=CC(=O)OCOP(=O)(OCCCCCCCC)OCOC(=O)C=C. The normalized spacial score (nSPS) is 10.9. The summed E-state index contributed by atoms with van der Waals surface area (Å²) in [5.74, 6) is -1.50. The summed E-state index contributed by atoms with van der Waals surface area (Å²) in [6.07, 6.45) is 7.95. The van der Waals surface area contributed by atoms with Crippen molar-refractivity contribution in [3.05, 3.63) is 25.3 Å². The lowest BCUT2D eigenvalue weighted by atomic mass is 10.1. The van der Waals surface area contributed by atoms with Crippen molar-refractivity contribution in [1.29, 1.82) is 0 Å². The molecule has 0 unspecified atom stereocenters. The first-order chi connectivity index (χ1) is 12.0. The van der Waals surface area contributed by atoms with E-state index in [1.807, 2.05) is 0 Å². The van der Waals surface area contributed by atoms with Crippen LogP contribution in [-0.2, 0) is 37.2 Å². The van der Waals surface area contributed by atoms with Crippen LogP contribution in [0.25, 0.3) is 0 Å². The highest BCUT2D eigenvalue weighted by Crippen LogP contribution is 2.49. The summed E-state index contributed by atoms with van der Waals surface area (Å²) in [4.78, 5) is 21.9. The zero-order valence-corrected chi connectivity index (χ0v) is 15.5. The minimum atomic E-state index is -4.04. The second-order valence-corrected chi connectivity index (χ2v) is 6.55. The average molecular weight is 378 g/mol. The summed E-state index contributed by atoms with van der Waals surface area (Å²) < 4.78 is 36.4. The van der Waals surface area contributed by atoms with Gasteiger partial charge in [0.25, 0.3) is 0 Å². The lowest BCUT2D eigenvalue weighted by molar-refractivity contribution is -0.147. The van der Waals surface area contributed by atoms with Crippen molar-refractivity contribution < 1.29 is 37.2 Å². The standard InChI is InChI=1S/C16H27O8P/c1-4-7-8-9-10-11-12-22-25(19,23-13-20-15(17)5-2)24-14-21-16(18)6-3/h5-6H,2-4,7-14H2,1H3. The molecule has 0 N–H and O–H groups in total. The molecule has 0 fully saturated rings. The van der Waals surface area contributed by atoms with Crippen molar-refractivity contribution in [2.75, 3.05) is 20.2 Å². The third-order valence-corrected chi connectivity index (χ3v) is 4.25. The Morgan fingerprint density at radius 3 is 1.80 bits per heavy atom. The zero-order chi connectivity index (χ0) is 19.0. The van der Waals surface area contributed by atoms with E-state index in [1.165, 1.54) is 6.42 Å². The van der Waals surface area contributed by atoms with Crippen LogP contribution in [0.15, 0.2) is 25.3 Å².